The monoisotopic (exact) mass is 445 g/mol. The first kappa shape index (κ1) is 22.9. The smallest absolute Gasteiger partial charge is 0.253 e. The van der Waals surface area contributed by atoms with E-state index in [1.807, 2.05) is 59.5 Å². The molecular formula is C27H31N3O3. The Kier molecular flexibility index (Phi) is 7.04. The van der Waals surface area contributed by atoms with Crippen LogP contribution in [0, 0.1) is 5.92 Å². The highest BCUT2D eigenvalue weighted by Gasteiger charge is 2.30. The lowest BCUT2D eigenvalue weighted by Crippen LogP contribution is -2.29. The van der Waals surface area contributed by atoms with Crippen LogP contribution in [0.2, 0.25) is 0 Å². The molecule has 4 rings (SSSR count). The number of nitrogens with zero attached hydrogens (tertiary/aromatic N) is 2. The molecule has 1 N–H and O–H groups in total. The van der Waals surface area contributed by atoms with Gasteiger partial charge in [-0.25, -0.2) is 0 Å². The standard InChI is InChI=1S/C27H31N3O3/c1-18(2)15-28-26(31)23-14-25(29-24-7-5-4-6-22(23)24)21-12-13-30(16-21)27(32)20-10-8-19(9-11-20)17-33-3/h4-11,14,18,21H,12-13,15-17H2,1-3H3,(H,28,31). The number of fused-ring (bicyclic) bond motifs is 1. The molecule has 0 bridgehead atoms. The molecule has 172 valence electrons. The van der Waals surface area contributed by atoms with Crippen molar-refractivity contribution in [3.05, 3.63) is 77.0 Å². The molecule has 1 aromatic heterocycles. The van der Waals surface area contributed by atoms with Crippen LogP contribution in [0.4, 0.5) is 0 Å². The zero-order valence-electron chi connectivity index (χ0n) is 19.5. The normalized spacial score (nSPS) is 15.9. The minimum atomic E-state index is -0.0781. The SMILES string of the molecule is COCc1ccc(C(=O)N2CCC(c3cc(C(=O)NCC(C)C)c4ccccc4n3)C2)cc1. The van der Waals surface area contributed by atoms with E-state index in [1.165, 1.54) is 0 Å². The maximum atomic E-state index is 13.0. The third-order valence-electron chi connectivity index (χ3n) is 6.06. The van der Waals surface area contributed by atoms with E-state index >= 15 is 0 Å². The summed E-state index contributed by atoms with van der Waals surface area (Å²) < 4.78 is 5.14. The fourth-order valence-corrected chi connectivity index (χ4v) is 4.26. The van der Waals surface area contributed by atoms with Crippen LogP contribution >= 0.6 is 0 Å². The topological polar surface area (TPSA) is 71.5 Å². The third-order valence-corrected chi connectivity index (χ3v) is 6.06. The number of carbonyl (C=O) groups is 2. The highest BCUT2D eigenvalue weighted by molar-refractivity contribution is 6.06. The Hall–Kier alpha value is -3.25. The first-order chi connectivity index (χ1) is 16.0. The number of methoxy groups -OCH3 is 1. The van der Waals surface area contributed by atoms with Crippen molar-refractivity contribution in [3.63, 3.8) is 0 Å². The third kappa shape index (κ3) is 5.22. The summed E-state index contributed by atoms with van der Waals surface area (Å²) in [6.45, 7) is 6.57. The fourth-order valence-electron chi connectivity index (χ4n) is 4.26. The average Bonchev–Trinajstić information content (AvgIpc) is 3.32. The second kappa shape index (κ2) is 10.1. The van der Waals surface area contributed by atoms with Crippen molar-refractivity contribution in [2.75, 3.05) is 26.7 Å². The quantitative estimate of drug-likeness (QED) is 0.585. The van der Waals surface area contributed by atoms with E-state index in [0.717, 1.165) is 28.6 Å². The van der Waals surface area contributed by atoms with Crippen molar-refractivity contribution in [2.45, 2.75) is 32.8 Å². The second-order valence-electron chi connectivity index (χ2n) is 9.08. The van der Waals surface area contributed by atoms with E-state index in [-0.39, 0.29) is 17.7 Å². The number of carbonyl (C=O) groups excluding carboxylic acids is 2. The molecule has 1 aliphatic heterocycles. The lowest BCUT2D eigenvalue weighted by molar-refractivity contribution is 0.0790. The zero-order chi connectivity index (χ0) is 23.4. The summed E-state index contributed by atoms with van der Waals surface area (Å²) in [4.78, 5) is 32.7. The summed E-state index contributed by atoms with van der Waals surface area (Å²) in [6.07, 6.45) is 0.825. The van der Waals surface area contributed by atoms with Crippen LogP contribution in [0.3, 0.4) is 0 Å². The maximum absolute atomic E-state index is 13.0. The molecule has 1 atom stereocenters. The van der Waals surface area contributed by atoms with Crippen LogP contribution in [0.25, 0.3) is 10.9 Å². The van der Waals surface area contributed by atoms with E-state index in [9.17, 15) is 9.59 Å². The largest absolute Gasteiger partial charge is 0.380 e. The van der Waals surface area contributed by atoms with Crippen molar-refractivity contribution in [1.29, 1.82) is 0 Å². The molecule has 6 heteroatoms. The number of nitrogens with one attached hydrogen (secondary N) is 1. The maximum Gasteiger partial charge on any atom is 0.253 e. The van der Waals surface area contributed by atoms with Gasteiger partial charge in [0.05, 0.1) is 17.7 Å². The Morgan fingerprint density at radius 1 is 1.15 bits per heavy atom. The molecule has 1 saturated heterocycles. The van der Waals surface area contributed by atoms with Crippen molar-refractivity contribution in [1.82, 2.24) is 15.2 Å². The lowest BCUT2D eigenvalue weighted by atomic mass is 9.99. The molecule has 1 fully saturated rings. The predicted octanol–water partition coefficient (Wildman–Crippen LogP) is 4.40. The number of rotatable bonds is 7. The molecule has 1 aliphatic rings. The minimum Gasteiger partial charge on any atom is -0.380 e. The molecule has 0 radical (unpaired) electrons. The Morgan fingerprint density at radius 2 is 1.91 bits per heavy atom. The number of pyridine rings is 1. The molecule has 2 amide bonds. The summed E-state index contributed by atoms with van der Waals surface area (Å²) in [5, 5.41) is 3.88. The summed E-state index contributed by atoms with van der Waals surface area (Å²) in [5.41, 5.74) is 4.04. The van der Waals surface area contributed by atoms with Crippen molar-refractivity contribution in [3.8, 4) is 0 Å². The van der Waals surface area contributed by atoms with Gasteiger partial charge in [-0.1, -0.05) is 44.2 Å². The summed E-state index contributed by atoms with van der Waals surface area (Å²) >= 11 is 0. The van der Waals surface area contributed by atoms with E-state index in [0.29, 0.717) is 43.3 Å². The Bertz CT molecular complexity index is 1140. The Morgan fingerprint density at radius 3 is 2.64 bits per heavy atom. The predicted molar refractivity (Wildman–Crippen MR) is 129 cm³/mol. The molecule has 6 nitrogen and oxygen atoms in total. The number of ether oxygens (including phenoxy) is 1. The van der Waals surface area contributed by atoms with E-state index in [2.05, 4.69) is 19.2 Å². The number of para-hydroxylation sites is 1. The van der Waals surface area contributed by atoms with Crippen LogP contribution in [0.1, 0.15) is 58.2 Å². The molecule has 33 heavy (non-hydrogen) atoms. The van der Waals surface area contributed by atoms with Gasteiger partial charge in [0.2, 0.25) is 0 Å². The summed E-state index contributed by atoms with van der Waals surface area (Å²) in [7, 11) is 1.66. The van der Waals surface area contributed by atoms with E-state index < -0.39 is 0 Å². The minimum absolute atomic E-state index is 0.0251. The van der Waals surface area contributed by atoms with Gasteiger partial charge < -0.3 is 15.0 Å². The van der Waals surface area contributed by atoms with Crippen LogP contribution in [-0.2, 0) is 11.3 Å². The highest BCUT2D eigenvalue weighted by Crippen LogP contribution is 2.30. The summed E-state index contributed by atoms with van der Waals surface area (Å²) in [6, 6.07) is 17.2. The van der Waals surface area contributed by atoms with Crippen LogP contribution in [0.15, 0.2) is 54.6 Å². The molecule has 2 heterocycles. The first-order valence-electron chi connectivity index (χ1n) is 11.5. The van der Waals surface area contributed by atoms with Gasteiger partial charge in [-0.3, -0.25) is 14.6 Å². The number of amides is 2. The second-order valence-corrected chi connectivity index (χ2v) is 9.08. The van der Waals surface area contributed by atoms with Crippen molar-refractivity contribution < 1.29 is 14.3 Å². The van der Waals surface area contributed by atoms with Gasteiger partial charge in [0.25, 0.3) is 11.8 Å². The van der Waals surface area contributed by atoms with Crippen LogP contribution in [-0.4, -0.2) is 48.4 Å². The Labute approximate surface area is 195 Å². The van der Waals surface area contributed by atoms with Crippen molar-refractivity contribution >= 4 is 22.7 Å². The van der Waals surface area contributed by atoms with Gasteiger partial charge in [-0.05, 0) is 42.2 Å². The highest BCUT2D eigenvalue weighted by atomic mass is 16.5. The van der Waals surface area contributed by atoms with E-state index in [4.69, 9.17) is 9.72 Å². The van der Waals surface area contributed by atoms with Gasteiger partial charge in [0.15, 0.2) is 0 Å². The number of likely N-dealkylation sites (tertiary alicyclic amines) is 1. The summed E-state index contributed by atoms with van der Waals surface area (Å²) in [5.74, 6) is 0.422. The molecule has 0 spiro atoms. The first-order valence-corrected chi connectivity index (χ1v) is 11.5. The molecular weight excluding hydrogens is 414 g/mol. The van der Waals surface area contributed by atoms with Crippen LogP contribution in [0.5, 0.6) is 0 Å². The van der Waals surface area contributed by atoms with Gasteiger partial charge in [0, 0.05) is 49.3 Å². The molecule has 0 aliphatic carbocycles. The molecule has 1 unspecified atom stereocenters. The number of benzene rings is 2. The van der Waals surface area contributed by atoms with Gasteiger partial charge in [0.1, 0.15) is 0 Å². The van der Waals surface area contributed by atoms with Gasteiger partial charge in [-0.15, -0.1) is 0 Å². The van der Waals surface area contributed by atoms with E-state index in [1.54, 1.807) is 7.11 Å². The molecule has 0 saturated carbocycles. The van der Waals surface area contributed by atoms with Gasteiger partial charge in [-0.2, -0.15) is 0 Å². The number of hydrogen-bond donors (Lipinski definition) is 1. The van der Waals surface area contributed by atoms with Crippen LogP contribution < -0.4 is 5.32 Å². The lowest BCUT2D eigenvalue weighted by Gasteiger charge is -2.18. The number of aromatic nitrogens is 1. The molecule has 2 aromatic carbocycles. The fraction of sp³-hybridized carbons (Fsp3) is 0.370. The van der Waals surface area contributed by atoms with Crippen molar-refractivity contribution in [2.24, 2.45) is 5.92 Å². The zero-order valence-corrected chi connectivity index (χ0v) is 19.5. The Balaban J connectivity index is 1.54. The average molecular weight is 446 g/mol. The molecule has 3 aromatic rings. The number of hydrogen-bond acceptors (Lipinski definition) is 4. The van der Waals surface area contributed by atoms with Gasteiger partial charge >= 0.3 is 0 Å².